The number of H-pyrrole nitrogens is 1. The Balaban J connectivity index is 1.92. The molecular weight excluding hydrogens is 344 g/mol. The first-order valence-electron chi connectivity index (χ1n) is 9.32. The van der Waals surface area contributed by atoms with Gasteiger partial charge in [0.15, 0.2) is 6.29 Å². The molecular formula is C21H22N2O4. The molecule has 2 aliphatic rings. The fourth-order valence-electron chi connectivity index (χ4n) is 4.89. The van der Waals surface area contributed by atoms with Crippen LogP contribution >= 0.6 is 0 Å². The third-order valence-electron chi connectivity index (χ3n) is 6.08. The highest BCUT2D eigenvalue weighted by molar-refractivity contribution is 6.08. The number of benzene rings is 1. The van der Waals surface area contributed by atoms with Crippen LogP contribution in [-0.4, -0.2) is 46.6 Å². The lowest BCUT2D eigenvalue weighted by molar-refractivity contribution is -0.133. The summed E-state index contributed by atoms with van der Waals surface area (Å²) in [6.45, 7) is 3.44. The van der Waals surface area contributed by atoms with Crippen molar-refractivity contribution in [2.45, 2.75) is 25.8 Å². The van der Waals surface area contributed by atoms with Gasteiger partial charge in [0, 0.05) is 29.7 Å². The summed E-state index contributed by atoms with van der Waals surface area (Å²) in [5.41, 5.74) is 3.40. The first-order chi connectivity index (χ1) is 13.1. The van der Waals surface area contributed by atoms with E-state index in [1.807, 2.05) is 25.1 Å². The van der Waals surface area contributed by atoms with Crippen LogP contribution < -0.4 is 0 Å². The Morgan fingerprint density at radius 1 is 1.33 bits per heavy atom. The zero-order valence-electron chi connectivity index (χ0n) is 15.1. The first kappa shape index (κ1) is 17.7. The van der Waals surface area contributed by atoms with Crippen LogP contribution in [0.25, 0.3) is 10.9 Å². The van der Waals surface area contributed by atoms with Crippen LogP contribution in [-0.2, 0) is 20.8 Å². The van der Waals surface area contributed by atoms with E-state index in [1.54, 1.807) is 0 Å². The van der Waals surface area contributed by atoms with Gasteiger partial charge in [-0.15, -0.1) is 0 Å². The highest BCUT2D eigenvalue weighted by Gasteiger charge is 2.45. The van der Waals surface area contributed by atoms with Crippen LogP contribution in [0.1, 0.15) is 30.6 Å². The van der Waals surface area contributed by atoms with Gasteiger partial charge in [-0.05, 0) is 36.0 Å². The molecule has 3 atom stereocenters. The Hall–Kier alpha value is -2.73. The van der Waals surface area contributed by atoms with E-state index in [9.17, 15) is 19.5 Å². The summed E-state index contributed by atoms with van der Waals surface area (Å²) >= 11 is 0. The monoisotopic (exact) mass is 366 g/mol. The Morgan fingerprint density at radius 3 is 2.78 bits per heavy atom. The molecule has 0 spiro atoms. The summed E-state index contributed by atoms with van der Waals surface area (Å²) in [4.78, 5) is 41.1. The van der Waals surface area contributed by atoms with Crippen molar-refractivity contribution in [2.24, 2.45) is 11.8 Å². The van der Waals surface area contributed by atoms with Gasteiger partial charge < -0.3 is 14.9 Å². The average molecular weight is 366 g/mol. The molecule has 0 radical (unpaired) electrons. The predicted octanol–water partition coefficient (Wildman–Crippen LogP) is 2.50. The minimum Gasteiger partial charge on any atom is -0.478 e. The van der Waals surface area contributed by atoms with E-state index in [0.717, 1.165) is 35.8 Å². The average Bonchev–Trinajstić information content (AvgIpc) is 3.06. The predicted molar refractivity (Wildman–Crippen MR) is 100 cm³/mol. The second-order valence-electron chi connectivity index (χ2n) is 7.31. The zero-order chi connectivity index (χ0) is 19.1. The van der Waals surface area contributed by atoms with Crippen LogP contribution in [0.3, 0.4) is 0 Å². The lowest BCUT2D eigenvalue weighted by atomic mass is 9.72. The van der Waals surface area contributed by atoms with Crippen molar-refractivity contribution in [1.82, 2.24) is 9.88 Å². The van der Waals surface area contributed by atoms with Crippen LogP contribution in [0, 0.1) is 11.8 Å². The Bertz CT molecular complexity index is 958. The standard InChI is InChI=1S/C21H22N2O4/c1-2-12-9-23-8-7-14-13-5-3-4-6-17(13)22-19(14)20(23)15(10-24)18(12)16(11-25)21(26)27/h3-6,10-12,15,20,22H,2,7-9H2,1H3,(H,26,27)/b18-16+/t12?,15?,20-/m0/s1. The Morgan fingerprint density at radius 2 is 2.11 bits per heavy atom. The molecule has 0 saturated carbocycles. The lowest BCUT2D eigenvalue weighted by Crippen LogP contribution is -2.49. The number of fused-ring (bicyclic) bond motifs is 5. The highest BCUT2D eigenvalue weighted by Crippen LogP contribution is 2.47. The number of carbonyl (C=O) groups is 3. The minimum absolute atomic E-state index is 0.112. The van der Waals surface area contributed by atoms with Gasteiger partial charge in [0.25, 0.3) is 0 Å². The summed E-state index contributed by atoms with van der Waals surface area (Å²) in [6, 6.07) is 7.78. The third kappa shape index (κ3) is 2.63. The van der Waals surface area contributed by atoms with Crippen molar-refractivity contribution in [3.63, 3.8) is 0 Å². The SMILES string of the molecule is CCC1CN2CCc3c([nH]c4ccccc34)[C@@H]2C(C=O)/C1=C(\C=O)C(=O)O. The normalized spacial score (nSPS) is 26.9. The second kappa shape index (κ2) is 6.78. The molecule has 1 saturated heterocycles. The number of carboxylic acid groups (broad SMARTS) is 1. The number of rotatable bonds is 4. The molecule has 6 nitrogen and oxygen atoms in total. The number of aromatic nitrogens is 1. The molecule has 4 rings (SSSR count). The minimum atomic E-state index is -1.26. The van der Waals surface area contributed by atoms with E-state index >= 15 is 0 Å². The van der Waals surface area contributed by atoms with Gasteiger partial charge in [-0.25, -0.2) is 4.79 Å². The van der Waals surface area contributed by atoms with E-state index in [0.29, 0.717) is 24.8 Å². The van der Waals surface area contributed by atoms with Crippen molar-refractivity contribution in [3.05, 3.63) is 46.7 Å². The van der Waals surface area contributed by atoms with Crippen molar-refractivity contribution in [2.75, 3.05) is 13.1 Å². The van der Waals surface area contributed by atoms with E-state index in [-0.39, 0.29) is 17.5 Å². The fourth-order valence-corrected chi connectivity index (χ4v) is 4.89. The summed E-state index contributed by atoms with van der Waals surface area (Å²) < 4.78 is 0. The van der Waals surface area contributed by atoms with Gasteiger partial charge in [0.2, 0.25) is 0 Å². The van der Waals surface area contributed by atoms with E-state index < -0.39 is 11.9 Å². The summed E-state index contributed by atoms with van der Waals surface area (Å²) in [6.07, 6.45) is 2.78. The molecule has 1 aromatic carbocycles. The first-order valence-corrected chi connectivity index (χ1v) is 9.32. The molecule has 27 heavy (non-hydrogen) atoms. The largest absolute Gasteiger partial charge is 0.478 e. The number of aliphatic carboxylic acids is 1. The molecule has 2 N–H and O–H groups in total. The molecule has 0 bridgehead atoms. The number of aromatic amines is 1. The molecule has 2 aliphatic heterocycles. The number of hydrogen-bond acceptors (Lipinski definition) is 4. The number of carbonyl (C=O) groups excluding carboxylic acids is 2. The van der Waals surface area contributed by atoms with Crippen molar-refractivity contribution >= 4 is 29.4 Å². The van der Waals surface area contributed by atoms with Gasteiger partial charge in [-0.2, -0.15) is 0 Å². The van der Waals surface area contributed by atoms with Crippen molar-refractivity contribution < 1.29 is 19.5 Å². The lowest BCUT2D eigenvalue weighted by Gasteiger charge is -2.47. The maximum Gasteiger partial charge on any atom is 0.339 e. The highest BCUT2D eigenvalue weighted by atomic mass is 16.4. The molecule has 0 aliphatic carbocycles. The van der Waals surface area contributed by atoms with Gasteiger partial charge in [-0.3, -0.25) is 9.69 Å². The number of nitrogens with zero attached hydrogens (tertiary/aromatic N) is 1. The molecule has 3 heterocycles. The van der Waals surface area contributed by atoms with Gasteiger partial charge in [0.1, 0.15) is 6.29 Å². The molecule has 140 valence electrons. The maximum atomic E-state index is 12.2. The van der Waals surface area contributed by atoms with Crippen molar-refractivity contribution in [3.8, 4) is 0 Å². The van der Waals surface area contributed by atoms with Crippen molar-refractivity contribution in [1.29, 1.82) is 0 Å². The molecule has 6 heteroatoms. The Labute approximate surface area is 156 Å². The molecule has 2 unspecified atom stereocenters. The Kier molecular flexibility index (Phi) is 4.44. The molecule has 2 aromatic rings. The topological polar surface area (TPSA) is 90.5 Å². The number of para-hydroxylation sites is 1. The van der Waals surface area contributed by atoms with Crippen LogP contribution in [0.5, 0.6) is 0 Å². The summed E-state index contributed by atoms with van der Waals surface area (Å²) in [7, 11) is 0. The van der Waals surface area contributed by atoms with Gasteiger partial charge >= 0.3 is 5.97 Å². The number of hydrogen-bond donors (Lipinski definition) is 2. The molecule has 1 aromatic heterocycles. The molecule has 1 fully saturated rings. The molecule has 0 amide bonds. The quantitative estimate of drug-likeness (QED) is 0.376. The van der Waals surface area contributed by atoms with Crippen LogP contribution in [0.4, 0.5) is 0 Å². The third-order valence-corrected chi connectivity index (χ3v) is 6.08. The van der Waals surface area contributed by atoms with Gasteiger partial charge in [-0.1, -0.05) is 25.1 Å². The van der Waals surface area contributed by atoms with Crippen LogP contribution in [0.2, 0.25) is 0 Å². The number of carboxylic acids is 1. The van der Waals surface area contributed by atoms with Gasteiger partial charge in [0.05, 0.1) is 17.5 Å². The maximum absolute atomic E-state index is 12.2. The zero-order valence-corrected chi connectivity index (χ0v) is 15.1. The fraction of sp³-hybridized carbons (Fsp3) is 0.381. The van der Waals surface area contributed by atoms with E-state index in [1.165, 1.54) is 5.56 Å². The van der Waals surface area contributed by atoms with Crippen LogP contribution in [0.15, 0.2) is 35.4 Å². The number of piperidine rings is 1. The number of aldehydes is 2. The van der Waals surface area contributed by atoms with E-state index in [4.69, 9.17) is 0 Å². The van der Waals surface area contributed by atoms with E-state index in [2.05, 4.69) is 16.0 Å². The summed E-state index contributed by atoms with van der Waals surface area (Å²) in [5.74, 6) is -2.02. The summed E-state index contributed by atoms with van der Waals surface area (Å²) in [5, 5.41) is 10.7. The smallest absolute Gasteiger partial charge is 0.339 e. The number of nitrogens with one attached hydrogen (secondary N) is 1. The second-order valence-corrected chi connectivity index (χ2v) is 7.31.